The maximum atomic E-state index is 12.7. The van der Waals surface area contributed by atoms with Crippen LogP contribution in [0.1, 0.15) is 31.4 Å². The largest absolute Gasteiger partial charge is 0.497 e. The molecule has 30 heavy (non-hydrogen) atoms. The van der Waals surface area contributed by atoms with Crippen molar-refractivity contribution in [3.8, 4) is 11.4 Å². The molecule has 1 aromatic heterocycles. The predicted molar refractivity (Wildman–Crippen MR) is 118 cm³/mol. The predicted octanol–water partition coefficient (Wildman–Crippen LogP) is 2.19. The van der Waals surface area contributed by atoms with Gasteiger partial charge >= 0.3 is 0 Å². The van der Waals surface area contributed by atoms with E-state index in [4.69, 9.17) is 4.74 Å². The van der Waals surface area contributed by atoms with Gasteiger partial charge in [-0.1, -0.05) is 12.8 Å². The molecule has 1 aliphatic carbocycles. The molecule has 0 aliphatic heterocycles. The Morgan fingerprint density at radius 3 is 2.50 bits per heavy atom. The van der Waals surface area contributed by atoms with E-state index in [0.29, 0.717) is 19.0 Å². The third-order valence-corrected chi connectivity index (χ3v) is 5.66. The van der Waals surface area contributed by atoms with Crippen LogP contribution in [-0.4, -0.2) is 61.3 Å². The summed E-state index contributed by atoms with van der Waals surface area (Å²) in [7, 11) is 7.04. The van der Waals surface area contributed by atoms with Gasteiger partial charge in [0.05, 0.1) is 30.5 Å². The minimum atomic E-state index is -0.336. The summed E-state index contributed by atoms with van der Waals surface area (Å²) >= 11 is 0. The van der Waals surface area contributed by atoms with Gasteiger partial charge in [-0.25, -0.2) is 4.68 Å². The summed E-state index contributed by atoms with van der Waals surface area (Å²) in [6.07, 6.45) is 5.95. The number of benzene rings is 1. The topological polar surface area (TPSA) is 83.8 Å². The van der Waals surface area contributed by atoms with E-state index in [1.165, 1.54) is 0 Å². The highest BCUT2D eigenvalue weighted by atomic mass is 16.5. The van der Waals surface area contributed by atoms with Crippen molar-refractivity contribution in [2.75, 3.05) is 34.8 Å². The van der Waals surface area contributed by atoms with Crippen LogP contribution < -0.4 is 15.4 Å². The van der Waals surface area contributed by atoms with Gasteiger partial charge in [0, 0.05) is 33.9 Å². The lowest BCUT2D eigenvalue weighted by molar-refractivity contribution is -0.138. The number of carbonyl (C=O) groups is 1. The highest BCUT2D eigenvalue weighted by Gasteiger charge is 2.42. The van der Waals surface area contributed by atoms with E-state index in [0.717, 1.165) is 42.8 Å². The van der Waals surface area contributed by atoms with Crippen molar-refractivity contribution in [3.63, 3.8) is 0 Å². The minimum absolute atomic E-state index is 0.196. The van der Waals surface area contributed by atoms with E-state index in [1.54, 1.807) is 19.1 Å². The van der Waals surface area contributed by atoms with Crippen molar-refractivity contribution in [2.45, 2.75) is 32.2 Å². The molecular formula is C22H32N6O2. The zero-order valence-corrected chi connectivity index (χ0v) is 18.3. The normalized spacial score (nSPS) is 15.7. The molecule has 1 saturated carbocycles. The number of nitrogens with zero attached hydrogens (tertiary/aromatic N) is 4. The van der Waals surface area contributed by atoms with Crippen molar-refractivity contribution >= 4 is 11.9 Å². The molecule has 1 fully saturated rings. The van der Waals surface area contributed by atoms with Gasteiger partial charge in [0.2, 0.25) is 5.91 Å². The summed E-state index contributed by atoms with van der Waals surface area (Å²) in [6.45, 7) is 1.13. The number of ether oxygens (including phenoxy) is 1. The van der Waals surface area contributed by atoms with Crippen LogP contribution in [0.4, 0.5) is 0 Å². The Kier molecular flexibility index (Phi) is 6.97. The first-order valence-corrected chi connectivity index (χ1v) is 10.3. The first-order valence-electron chi connectivity index (χ1n) is 10.3. The van der Waals surface area contributed by atoms with E-state index >= 15 is 0 Å². The molecule has 0 radical (unpaired) electrons. The second-order valence-electron chi connectivity index (χ2n) is 7.92. The fraction of sp³-hybridized carbons (Fsp3) is 0.500. The van der Waals surface area contributed by atoms with Crippen molar-refractivity contribution < 1.29 is 9.53 Å². The van der Waals surface area contributed by atoms with Crippen LogP contribution in [0, 0.1) is 5.41 Å². The molecule has 0 bridgehead atoms. The lowest BCUT2D eigenvalue weighted by Crippen LogP contribution is -2.49. The van der Waals surface area contributed by atoms with Crippen molar-refractivity contribution in [1.29, 1.82) is 0 Å². The first kappa shape index (κ1) is 21.7. The average molecular weight is 413 g/mol. The van der Waals surface area contributed by atoms with Gasteiger partial charge in [-0.2, -0.15) is 5.10 Å². The second kappa shape index (κ2) is 9.65. The minimum Gasteiger partial charge on any atom is -0.497 e. The van der Waals surface area contributed by atoms with Gasteiger partial charge < -0.3 is 20.3 Å². The highest BCUT2D eigenvalue weighted by Crippen LogP contribution is 2.38. The number of carbonyl (C=O) groups excluding carboxylic acids is 1. The van der Waals surface area contributed by atoms with E-state index in [2.05, 4.69) is 20.7 Å². The first-order chi connectivity index (χ1) is 14.5. The zero-order valence-electron chi connectivity index (χ0n) is 18.3. The monoisotopic (exact) mass is 412 g/mol. The van der Waals surface area contributed by atoms with E-state index < -0.39 is 0 Å². The van der Waals surface area contributed by atoms with Crippen LogP contribution in [0.5, 0.6) is 5.75 Å². The number of hydrogen-bond acceptors (Lipinski definition) is 4. The van der Waals surface area contributed by atoms with Crippen LogP contribution >= 0.6 is 0 Å². The Morgan fingerprint density at radius 1 is 1.20 bits per heavy atom. The van der Waals surface area contributed by atoms with Crippen LogP contribution in [0.3, 0.4) is 0 Å². The molecule has 0 unspecified atom stereocenters. The van der Waals surface area contributed by atoms with E-state index in [9.17, 15) is 4.79 Å². The molecule has 8 nitrogen and oxygen atoms in total. The maximum Gasteiger partial charge on any atom is 0.230 e. The summed E-state index contributed by atoms with van der Waals surface area (Å²) in [5.74, 6) is 1.68. The number of aliphatic imine (C=N–C) groups is 1. The number of hydrogen-bond donors (Lipinski definition) is 2. The zero-order chi connectivity index (χ0) is 21.6. The van der Waals surface area contributed by atoms with E-state index in [-0.39, 0.29) is 11.3 Å². The van der Waals surface area contributed by atoms with Crippen LogP contribution in [0.15, 0.2) is 41.5 Å². The van der Waals surface area contributed by atoms with Gasteiger partial charge in [0.25, 0.3) is 0 Å². The SMILES string of the molecule is CN=C(NCc1ccn(-c2ccc(OC)cc2)n1)NCC1(C(=O)N(C)C)CCCC1. The molecule has 0 saturated heterocycles. The second-order valence-corrected chi connectivity index (χ2v) is 7.92. The third-order valence-electron chi connectivity index (χ3n) is 5.66. The van der Waals surface area contributed by atoms with Crippen molar-refractivity contribution in [1.82, 2.24) is 25.3 Å². The molecule has 0 spiro atoms. The lowest BCUT2D eigenvalue weighted by atomic mass is 9.84. The molecule has 8 heteroatoms. The van der Waals surface area contributed by atoms with Gasteiger partial charge in [-0.3, -0.25) is 9.79 Å². The summed E-state index contributed by atoms with van der Waals surface area (Å²) in [4.78, 5) is 18.7. The van der Waals surface area contributed by atoms with Crippen LogP contribution in [0.25, 0.3) is 5.69 Å². The number of amides is 1. The fourth-order valence-electron chi connectivity index (χ4n) is 3.97. The van der Waals surface area contributed by atoms with Gasteiger partial charge in [0.1, 0.15) is 5.75 Å². The Labute approximate surface area is 178 Å². The Balaban J connectivity index is 1.57. The third kappa shape index (κ3) is 4.93. The maximum absolute atomic E-state index is 12.7. The summed E-state index contributed by atoms with van der Waals surface area (Å²) < 4.78 is 7.03. The fourth-order valence-corrected chi connectivity index (χ4v) is 3.97. The molecule has 3 rings (SSSR count). The standard InChI is InChI=1S/C22H32N6O2/c1-23-21(25-16-22(12-5-6-13-22)20(29)27(2)3)24-15-17-11-14-28(26-17)18-7-9-19(30-4)10-8-18/h7-11,14H,5-6,12-13,15-16H2,1-4H3,(H2,23,24,25). The van der Waals surface area contributed by atoms with Gasteiger partial charge in [-0.05, 0) is 43.2 Å². The summed E-state index contributed by atoms with van der Waals surface area (Å²) in [6, 6.07) is 9.72. The highest BCUT2D eigenvalue weighted by molar-refractivity contribution is 5.85. The van der Waals surface area contributed by atoms with E-state index in [1.807, 2.05) is 55.3 Å². The van der Waals surface area contributed by atoms with Crippen molar-refractivity contribution in [3.05, 3.63) is 42.2 Å². The molecule has 1 aliphatic rings. The molecule has 0 atom stereocenters. The molecule has 1 amide bonds. The van der Waals surface area contributed by atoms with Crippen molar-refractivity contribution in [2.24, 2.45) is 10.4 Å². The number of rotatable bonds is 7. The molecule has 2 N–H and O–H groups in total. The molecule has 1 aromatic carbocycles. The van der Waals surface area contributed by atoms with Gasteiger partial charge in [-0.15, -0.1) is 0 Å². The quantitative estimate of drug-likeness (QED) is 0.538. The average Bonchev–Trinajstić information content (AvgIpc) is 3.44. The number of nitrogens with one attached hydrogen (secondary N) is 2. The number of methoxy groups -OCH3 is 1. The number of guanidine groups is 1. The smallest absolute Gasteiger partial charge is 0.230 e. The Hall–Kier alpha value is -3.03. The number of aromatic nitrogens is 2. The van der Waals surface area contributed by atoms with Gasteiger partial charge in [0.15, 0.2) is 5.96 Å². The molecular weight excluding hydrogens is 380 g/mol. The molecule has 162 valence electrons. The summed E-state index contributed by atoms with van der Waals surface area (Å²) in [5.41, 5.74) is 1.53. The Morgan fingerprint density at radius 2 is 1.90 bits per heavy atom. The van der Waals surface area contributed by atoms with Crippen LogP contribution in [-0.2, 0) is 11.3 Å². The molecule has 2 aromatic rings. The summed E-state index contributed by atoms with van der Waals surface area (Å²) in [5, 5.41) is 11.3. The van der Waals surface area contributed by atoms with Crippen LogP contribution in [0.2, 0.25) is 0 Å². The Bertz CT molecular complexity index is 866. The lowest BCUT2D eigenvalue weighted by Gasteiger charge is -2.31. The molecule has 1 heterocycles.